The Morgan fingerprint density at radius 1 is 1.64 bits per heavy atom. The number of rotatable bonds is 2. The number of hydrogen-bond donors (Lipinski definition) is 1. The van der Waals surface area contributed by atoms with Gasteiger partial charge < -0.3 is 0 Å². The van der Waals surface area contributed by atoms with Crippen molar-refractivity contribution in [3.05, 3.63) is 20.9 Å². The Kier molecular flexibility index (Phi) is 2.45. The van der Waals surface area contributed by atoms with Crippen LogP contribution in [0.25, 0.3) is 0 Å². The molecule has 0 spiro atoms. The van der Waals surface area contributed by atoms with Crippen molar-refractivity contribution in [2.75, 3.05) is 0 Å². The molecular formula is C6H5AsF2O2. The molecule has 0 aliphatic carbocycles. The molecule has 1 atom stereocenters. The third kappa shape index (κ3) is 1.69. The van der Waals surface area contributed by atoms with Gasteiger partial charge in [0.25, 0.3) is 0 Å². The van der Waals surface area contributed by atoms with E-state index in [2.05, 4.69) is 0 Å². The van der Waals surface area contributed by atoms with Crippen molar-refractivity contribution in [1.82, 2.24) is 0 Å². The van der Waals surface area contributed by atoms with Gasteiger partial charge in [0.05, 0.1) is 0 Å². The van der Waals surface area contributed by atoms with Crippen LogP contribution < -0.4 is 0 Å². The van der Waals surface area contributed by atoms with Gasteiger partial charge in [0.1, 0.15) is 0 Å². The topological polar surface area (TPSA) is 37.3 Å². The summed E-state index contributed by atoms with van der Waals surface area (Å²) >= 11 is -0.944. The van der Waals surface area contributed by atoms with Crippen LogP contribution in [0.3, 0.4) is 0 Å². The van der Waals surface area contributed by atoms with Crippen LogP contribution >= 0.6 is 0 Å². The Morgan fingerprint density at radius 3 is 2.64 bits per heavy atom. The molecule has 0 bridgehead atoms. The molecule has 0 aromatic heterocycles. The van der Waals surface area contributed by atoms with Crippen LogP contribution in [-0.2, 0) is 4.79 Å². The van der Waals surface area contributed by atoms with Crippen molar-refractivity contribution in [1.29, 1.82) is 0 Å². The molecule has 0 amide bonds. The minimum atomic E-state index is -2.65. The summed E-state index contributed by atoms with van der Waals surface area (Å²) in [6.07, 6.45) is -1.43. The molecule has 0 fully saturated rings. The third-order valence-corrected chi connectivity index (χ3v) is 3.59. The molecule has 0 aromatic rings. The Hall–Kier alpha value is -0.632. The van der Waals surface area contributed by atoms with Gasteiger partial charge in [-0.3, -0.25) is 0 Å². The number of allylic oxidation sites excluding steroid dienone is 2. The van der Waals surface area contributed by atoms with Gasteiger partial charge >= 0.3 is 67.7 Å². The standard InChI is InChI=1S/C6H5AsF2O2/c8-5(9)3-1-2-7-4(3)6(10)11/h1-2,5,7H,(H,10,11). The molecular weight excluding hydrogens is 217 g/mol. The second-order valence-corrected chi connectivity index (χ2v) is 4.27. The summed E-state index contributed by atoms with van der Waals surface area (Å²) in [7, 11) is 0. The van der Waals surface area contributed by atoms with Crippen molar-refractivity contribution < 1.29 is 18.7 Å². The van der Waals surface area contributed by atoms with Crippen LogP contribution in [0.4, 0.5) is 8.78 Å². The zero-order chi connectivity index (χ0) is 8.43. The average molecular weight is 222 g/mol. The zero-order valence-electron chi connectivity index (χ0n) is 5.34. The fraction of sp³-hybridized carbons (Fsp3) is 0.167. The van der Waals surface area contributed by atoms with Gasteiger partial charge in [-0.1, -0.05) is 0 Å². The number of alkyl halides is 2. The number of aliphatic carboxylic acids is 1. The first-order valence-electron chi connectivity index (χ1n) is 2.81. The van der Waals surface area contributed by atoms with E-state index in [0.717, 1.165) is 0 Å². The Balaban J connectivity index is 2.93. The number of halogens is 2. The molecule has 1 N–H and O–H groups in total. The molecule has 0 saturated heterocycles. The quantitative estimate of drug-likeness (QED) is 0.693. The van der Waals surface area contributed by atoms with E-state index in [9.17, 15) is 13.6 Å². The van der Waals surface area contributed by atoms with E-state index < -0.39 is 28.1 Å². The summed E-state index contributed by atoms with van der Waals surface area (Å²) in [5.74, 6) is -1.20. The molecule has 0 aromatic carbocycles. The van der Waals surface area contributed by atoms with Crippen molar-refractivity contribution in [3.8, 4) is 0 Å². The van der Waals surface area contributed by atoms with Gasteiger partial charge in [0.15, 0.2) is 0 Å². The van der Waals surface area contributed by atoms with Gasteiger partial charge in [-0.15, -0.1) is 0 Å². The van der Waals surface area contributed by atoms with Gasteiger partial charge in [0.2, 0.25) is 0 Å². The second-order valence-electron chi connectivity index (χ2n) is 1.91. The Labute approximate surface area is 68.3 Å². The van der Waals surface area contributed by atoms with Crippen molar-refractivity contribution in [2.24, 2.45) is 0 Å². The van der Waals surface area contributed by atoms with Crippen LogP contribution in [0.1, 0.15) is 0 Å². The summed E-state index contributed by atoms with van der Waals surface area (Å²) in [4.78, 5) is 11.9. The van der Waals surface area contributed by atoms with E-state index in [0.29, 0.717) is 0 Å². The average Bonchev–Trinajstić information content (AvgIpc) is 2.32. The molecule has 0 saturated carbocycles. The van der Waals surface area contributed by atoms with Gasteiger partial charge in [-0.25, -0.2) is 0 Å². The second kappa shape index (κ2) is 3.18. The maximum atomic E-state index is 12.0. The normalized spacial score (nSPS) is 18.8. The first-order chi connectivity index (χ1) is 5.13. The molecule has 1 rings (SSSR count). The molecule has 1 heterocycles. The van der Waals surface area contributed by atoms with E-state index in [1.165, 1.54) is 6.08 Å². The number of hydrogen-bond acceptors (Lipinski definition) is 1. The fourth-order valence-electron chi connectivity index (χ4n) is 0.749. The molecule has 0 radical (unpaired) electrons. The fourth-order valence-corrected chi connectivity index (χ4v) is 2.66. The van der Waals surface area contributed by atoms with E-state index in [4.69, 9.17) is 5.11 Å². The predicted octanol–water partition coefficient (Wildman–Crippen LogP) is 0.554. The van der Waals surface area contributed by atoms with Crippen molar-refractivity contribution in [2.45, 2.75) is 6.43 Å². The molecule has 5 heteroatoms. The van der Waals surface area contributed by atoms with E-state index in [1.807, 2.05) is 0 Å². The van der Waals surface area contributed by atoms with Crippen LogP contribution in [0, 0.1) is 0 Å². The minimum absolute atomic E-state index is 0.0694. The predicted molar refractivity (Wildman–Crippen MR) is 37.0 cm³/mol. The van der Waals surface area contributed by atoms with Crippen molar-refractivity contribution in [3.63, 3.8) is 0 Å². The molecule has 1 unspecified atom stereocenters. The molecule has 1 aliphatic heterocycles. The summed E-state index contributed by atoms with van der Waals surface area (Å²) in [5, 5.41) is 8.43. The van der Waals surface area contributed by atoms with Gasteiger partial charge in [-0.2, -0.15) is 0 Å². The van der Waals surface area contributed by atoms with Crippen LogP contribution in [0.5, 0.6) is 0 Å². The zero-order valence-corrected chi connectivity index (χ0v) is 7.44. The van der Waals surface area contributed by atoms with Gasteiger partial charge in [0, 0.05) is 0 Å². The molecule has 1 aliphatic rings. The van der Waals surface area contributed by atoms with Crippen LogP contribution in [-0.4, -0.2) is 33.3 Å². The Bertz CT molecular complexity index is 245. The van der Waals surface area contributed by atoms with E-state index in [-0.39, 0.29) is 9.93 Å². The Morgan fingerprint density at radius 2 is 2.27 bits per heavy atom. The third-order valence-electron chi connectivity index (χ3n) is 1.23. The number of carbonyl (C=O) groups is 1. The number of carboxylic acid groups (broad SMARTS) is 1. The molecule has 60 valence electrons. The number of carboxylic acids is 1. The summed E-state index contributed by atoms with van der Waals surface area (Å²) < 4.78 is 23.9. The van der Waals surface area contributed by atoms with Crippen LogP contribution in [0.15, 0.2) is 20.9 Å². The summed E-state index contributed by atoms with van der Waals surface area (Å²) in [6.45, 7) is 0. The summed E-state index contributed by atoms with van der Waals surface area (Å²) in [5.41, 5.74) is -0.308. The molecule has 11 heavy (non-hydrogen) atoms. The summed E-state index contributed by atoms with van der Waals surface area (Å²) in [6, 6.07) is 0. The first kappa shape index (κ1) is 8.46. The maximum absolute atomic E-state index is 12.0. The molecule has 2 nitrogen and oxygen atoms in total. The SMILES string of the molecule is O=C(O)C1=C(C(F)F)C=C[AsH]1. The van der Waals surface area contributed by atoms with E-state index in [1.54, 1.807) is 4.86 Å². The van der Waals surface area contributed by atoms with Crippen LogP contribution in [0.2, 0.25) is 0 Å². The monoisotopic (exact) mass is 222 g/mol. The van der Waals surface area contributed by atoms with E-state index >= 15 is 0 Å². The van der Waals surface area contributed by atoms with Gasteiger partial charge in [-0.05, 0) is 0 Å². The first-order valence-corrected chi connectivity index (χ1v) is 5.07. The van der Waals surface area contributed by atoms with Crippen molar-refractivity contribution >= 4 is 21.7 Å².